The van der Waals surface area contributed by atoms with E-state index < -0.39 is 0 Å². The number of aryl methyl sites for hydroxylation is 4. The van der Waals surface area contributed by atoms with Crippen LogP contribution in [0.3, 0.4) is 0 Å². The number of rotatable bonds is 4. The number of hydrogen-bond acceptors (Lipinski definition) is 2. The molecule has 21 heavy (non-hydrogen) atoms. The van der Waals surface area contributed by atoms with Crippen LogP contribution in [0.4, 0.5) is 0 Å². The first-order chi connectivity index (χ1) is 10.1. The van der Waals surface area contributed by atoms with Crippen LogP contribution in [0.25, 0.3) is 0 Å². The fraction of sp³-hybridized carbons (Fsp3) is 0.263. The Morgan fingerprint density at radius 1 is 0.667 bits per heavy atom. The van der Waals surface area contributed by atoms with E-state index in [1.165, 1.54) is 22.3 Å². The van der Waals surface area contributed by atoms with Crippen LogP contribution in [-0.2, 0) is 0 Å². The van der Waals surface area contributed by atoms with Crippen LogP contribution < -0.4 is 0 Å². The zero-order valence-corrected chi connectivity index (χ0v) is 13.2. The van der Waals surface area contributed by atoms with Gasteiger partial charge >= 0.3 is 0 Å². The van der Waals surface area contributed by atoms with Gasteiger partial charge in [0.2, 0.25) is 0 Å². The van der Waals surface area contributed by atoms with E-state index in [2.05, 4.69) is 74.1 Å². The Morgan fingerprint density at radius 2 is 1.10 bits per heavy atom. The molecule has 2 aromatic carbocycles. The van der Waals surface area contributed by atoms with E-state index >= 15 is 0 Å². The molecule has 0 saturated heterocycles. The molecule has 0 heterocycles. The zero-order chi connectivity index (χ0) is 15.2. The Morgan fingerprint density at radius 3 is 1.48 bits per heavy atom. The highest BCUT2D eigenvalue weighted by atomic mass is 14.9. The molecule has 2 nitrogen and oxygen atoms in total. The van der Waals surface area contributed by atoms with Crippen LogP contribution in [0.2, 0.25) is 0 Å². The fourth-order valence-electron chi connectivity index (χ4n) is 2.03. The molecule has 0 bridgehead atoms. The molecule has 108 valence electrons. The lowest BCUT2D eigenvalue weighted by Gasteiger charge is -2.00. The van der Waals surface area contributed by atoms with Crippen LogP contribution in [0.15, 0.2) is 46.4 Å². The predicted octanol–water partition coefficient (Wildman–Crippen LogP) is 4.42. The zero-order valence-electron chi connectivity index (χ0n) is 13.2. The molecule has 0 aliphatic carbocycles. The van der Waals surface area contributed by atoms with E-state index in [9.17, 15) is 0 Å². The van der Waals surface area contributed by atoms with Gasteiger partial charge in [-0.3, -0.25) is 9.98 Å². The van der Waals surface area contributed by atoms with Gasteiger partial charge in [-0.2, -0.15) is 0 Å². The smallest absolute Gasteiger partial charge is 0.129 e. The van der Waals surface area contributed by atoms with Gasteiger partial charge in [-0.1, -0.05) is 36.4 Å². The second-order valence-electron chi connectivity index (χ2n) is 5.45. The Kier molecular flexibility index (Phi) is 5.04. The van der Waals surface area contributed by atoms with Crippen LogP contribution in [0, 0.1) is 27.7 Å². The van der Waals surface area contributed by atoms with Gasteiger partial charge in [-0.05, 0) is 61.1 Å². The van der Waals surface area contributed by atoms with Gasteiger partial charge in [0.25, 0.3) is 0 Å². The number of benzene rings is 2. The topological polar surface area (TPSA) is 24.7 Å². The average Bonchev–Trinajstić information content (AvgIpc) is 2.46. The first-order valence-electron chi connectivity index (χ1n) is 7.20. The molecular weight excluding hydrogens is 256 g/mol. The number of hydrogen-bond donors (Lipinski definition) is 0. The minimum Gasteiger partial charge on any atom is -0.269 e. The molecule has 0 aliphatic rings. The van der Waals surface area contributed by atoms with E-state index in [1.807, 2.05) is 12.4 Å². The summed E-state index contributed by atoms with van der Waals surface area (Å²) in [4.78, 5) is 8.69. The average molecular weight is 278 g/mol. The quantitative estimate of drug-likeness (QED) is 0.740. The number of aliphatic imine (C=N–C) groups is 2. The molecule has 0 saturated carbocycles. The monoisotopic (exact) mass is 278 g/mol. The van der Waals surface area contributed by atoms with E-state index in [0.717, 1.165) is 11.1 Å². The van der Waals surface area contributed by atoms with Crippen molar-refractivity contribution in [3.63, 3.8) is 0 Å². The van der Waals surface area contributed by atoms with Crippen LogP contribution in [-0.4, -0.2) is 19.1 Å². The SMILES string of the molecule is Cc1ccc(C=NCN=Cc2ccc(C)c(C)c2)cc1C. The van der Waals surface area contributed by atoms with Gasteiger partial charge in [-0.15, -0.1) is 0 Å². The first kappa shape index (κ1) is 15.2. The molecule has 0 aliphatic heterocycles. The fourth-order valence-corrected chi connectivity index (χ4v) is 2.03. The summed E-state index contributed by atoms with van der Waals surface area (Å²) in [5.74, 6) is 0. The Hall–Kier alpha value is -2.22. The molecule has 0 fully saturated rings. The highest BCUT2D eigenvalue weighted by Crippen LogP contribution is 2.09. The van der Waals surface area contributed by atoms with Crippen molar-refractivity contribution in [2.24, 2.45) is 9.98 Å². The molecule has 0 atom stereocenters. The third-order valence-electron chi connectivity index (χ3n) is 3.71. The Labute approximate surface area is 127 Å². The van der Waals surface area contributed by atoms with E-state index in [1.54, 1.807) is 0 Å². The molecule has 2 heteroatoms. The van der Waals surface area contributed by atoms with Gasteiger partial charge in [0.1, 0.15) is 6.67 Å². The summed E-state index contributed by atoms with van der Waals surface area (Å²) in [6, 6.07) is 12.7. The standard InChI is InChI=1S/C19H22N2/c1-14-5-7-18(9-16(14)3)11-20-13-21-12-19-8-6-15(2)17(4)10-19/h5-12H,13H2,1-4H3. The summed E-state index contributed by atoms with van der Waals surface area (Å²) in [6.07, 6.45) is 3.76. The Balaban J connectivity index is 1.93. The first-order valence-corrected chi connectivity index (χ1v) is 7.20. The van der Waals surface area contributed by atoms with Crippen LogP contribution in [0.5, 0.6) is 0 Å². The van der Waals surface area contributed by atoms with Gasteiger partial charge in [0, 0.05) is 12.4 Å². The molecular formula is C19H22N2. The van der Waals surface area contributed by atoms with Crippen molar-refractivity contribution in [1.29, 1.82) is 0 Å². The van der Waals surface area contributed by atoms with Crippen LogP contribution >= 0.6 is 0 Å². The largest absolute Gasteiger partial charge is 0.269 e. The maximum atomic E-state index is 4.34. The third kappa shape index (κ3) is 4.38. The third-order valence-corrected chi connectivity index (χ3v) is 3.71. The predicted molar refractivity (Wildman–Crippen MR) is 91.9 cm³/mol. The molecule has 0 radical (unpaired) electrons. The minimum atomic E-state index is 0.458. The lowest BCUT2D eigenvalue weighted by Crippen LogP contribution is -1.88. The van der Waals surface area contributed by atoms with Crippen molar-refractivity contribution in [3.05, 3.63) is 69.8 Å². The van der Waals surface area contributed by atoms with Gasteiger partial charge < -0.3 is 0 Å². The van der Waals surface area contributed by atoms with Crippen molar-refractivity contribution in [3.8, 4) is 0 Å². The molecule has 0 amide bonds. The summed E-state index contributed by atoms with van der Waals surface area (Å²) < 4.78 is 0. The van der Waals surface area contributed by atoms with Gasteiger partial charge in [-0.25, -0.2) is 0 Å². The highest BCUT2D eigenvalue weighted by molar-refractivity contribution is 5.81. The lowest BCUT2D eigenvalue weighted by molar-refractivity contribution is 1.08. The summed E-state index contributed by atoms with van der Waals surface area (Å²) in [7, 11) is 0. The molecule has 2 rings (SSSR count). The van der Waals surface area contributed by atoms with Gasteiger partial charge in [0.15, 0.2) is 0 Å². The second-order valence-corrected chi connectivity index (χ2v) is 5.45. The van der Waals surface area contributed by atoms with Crippen molar-refractivity contribution in [2.75, 3.05) is 6.67 Å². The summed E-state index contributed by atoms with van der Waals surface area (Å²) >= 11 is 0. The molecule has 0 unspecified atom stereocenters. The highest BCUT2D eigenvalue weighted by Gasteiger charge is 1.94. The van der Waals surface area contributed by atoms with Crippen molar-refractivity contribution in [1.82, 2.24) is 0 Å². The van der Waals surface area contributed by atoms with E-state index in [0.29, 0.717) is 6.67 Å². The van der Waals surface area contributed by atoms with Crippen molar-refractivity contribution in [2.45, 2.75) is 27.7 Å². The maximum Gasteiger partial charge on any atom is 0.129 e. The molecule has 0 aromatic heterocycles. The second kappa shape index (κ2) is 6.98. The van der Waals surface area contributed by atoms with Crippen molar-refractivity contribution < 1.29 is 0 Å². The Bertz CT molecular complexity index is 622. The molecule has 2 aromatic rings. The minimum absolute atomic E-state index is 0.458. The van der Waals surface area contributed by atoms with Crippen LogP contribution in [0.1, 0.15) is 33.4 Å². The lowest BCUT2D eigenvalue weighted by atomic mass is 10.1. The van der Waals surface area contributed by atoms with Crippen molar-refractivity contribution >= 4 is 12.4 Å². The maximum absolute atomic E-state index is 4.34. The summed E-state index contributed by atoms with van der Waals surface area (Å²) in [5.41, 5.74) is 7.44. The normalized spacial score (nSPS) is 11.6. The molecule has 0 spiro atoms. The van der Waals surface area contributed by atoms with E-state index in [-0.39, 0.29) is 0 Å². The molecule has 0 N–H and O–H groups in total. The van der Waals surface area contributed by atoms with E-state index in [4.69, 9.17) is 0 Å². The summed E-state index contributed by atoms with van der Waals surface area (Å²) in [5, 5.41) is 0. The summed E-state index contributed by atoms with van der Waals surface area (Å²) in [6.45, 7) is 8.92. The number of nitrogens with zero attached hydrogens (tertiary/aromatic N) is 2. The van der Waals surface area contributed by atoms with Gasteiger partial charge in [0.05, 0.1) is 0 Å².